The molecule has 0 radical (unpaired) electrons. The summed E-state index contributed by atoms with van der Waals surface area (Å²) in [5, 5.41) is 6.38. The first kappa shape index (κ1) is 22.0. The predicted octanol–water partition coefficient (Wildman–Crippen LogP) is 9.34. The van der Waals surface area contributed by atoms with Crippen molar-refractivity contribution in [2.45, 2.75) is 103 Å². The van der Waals surface area contributed by atoms with Crippen LogP contribution in [0.2, 0.25) is 0 Å². The second-order valence-corrected chi connectivity index (χ2v) is 14.1. The van der Waals surface area contributed by atoms with Gasteiger partial charge in [-0.25, -0.2) is 0 Å². The van der Waals surface area contributed by atoms with Crippen molar-refractivity contribution in [3.8, 4) is 0 Å². The lowest BCUT2D eigenvalue weighted by Crippen LogP contribution is -2.33. The molecule has 32 heavy (non-hydrogen) atoms. The summed E-state index contributed by atoms with van der Waals surface area (Å²) in [6, 6.07) is 14.4. The third-order valence-corrected chi connectivity index (χ3v) is 9.62. The van der Waals surface area contributed by atoms with Crippen molar-refractivity contribution in [1.82, 2.24) is 0 Å². The van der Waals surface area contributed by atoms with Gasteiger partial charge in [-0.05, 0) is 105 Å². The molecule has 170 valence electrons. The monoisotopic (exact) mass is 445 g/mol. The molecular weight excluding hydrogens is 406 g/mol. The van der Waals surface area contributed by atoms with Crippen molar-refractivity contribution < 1.29 is 0 Å². The van der Waals surface area contributed by atoms with Crippen LogP contribution in [0, 0.1) is 0 Å². The zero-order valence-electron chi connectivity index (χ0n) is 21.2. The summed E-state index contributed by atoms with van der Waals surface area (Å²) in [7, 11) is 0. The van der Waals surface area contributed by atoms with Crippen LogP contribution < -0.4 is 5.32 Å². The van der Waals surface area contributed by atoms with Crippen molar-refractivity contribution in [1.29, 1.82) is 0 Å². The molecule has 3 aromatic rings. The quantitative estimate of drug-likeness (QED) is 0.414. The Morgan fingerprint density at radius 3 is 1.69 bits per heavy atom. The highest BCUT2D eigenvalue weighted by Gasteiger charge is 2.38. The van der Waals surface area contributed by atoms with Crippen molar-refractivity contribution in [3.63, 3.8) is 0 Å². The number of hydrogen-bond donors (Lipinski definition) is 1. The van der Waals surface area contributed by atoms with E-state index in [1.54, 1.807) is 11.1 Å². The minimum absolute atomic E-state index is 0.235. The number of benzene rings is 2. The molecule has 0 saturated heterocycles. The van der Waals surface area contributed by atoms with Gasteiger partial charge in [0.25, 0.3) is 0 Å². The molecule has 0 bridgehead atoms. The largest absolute Gasteiger partial charge is 0.347 e. The van der Waals surface area contributed by atoms with Crippen LogP contribution in [0.4, 0.5) is 10.7 Å². The molecule has 0 amide bonds. The fourth-order valence-corrected chi connectivity index (χ4v) is 6.98. The first-order valence-electron chi connectivity index (χ1n) is 12.3. The summed E-state index contributed by atoms with van der Waals surface area (Å²) in [5.41, 5.74) is 8.35. The SMILES string of the molecule is CC1(C)CCC(C)(C)c2cc(Nc3cc4cc5c(cc4s3)C(C)(C)CCC5(C)C)ccc21. The maximum Gasteiger partial charge on any atom is 0.0939 e. The van der Waals surface area contributed by atoms with E-state index in [-0.39, 0.29) is 21.7 Å². The van der Waals surface area contributed by atoms with E-state index >= 15 is 0 Å². The van der Waals surface area contributed by atoms with Gasteiger partial charge in [0.05, 0.1) is 5.00 Å². The van der Waals surface area contributed by atoms with Gasteiger partial charge in [-0.2, -0.15) is 0 Å². The standard InChI is InChI=1S/C30H39NS/c1-27(2)11-12-29(5,6)23-17-20(9-10-21(23)27)31-26-16-19-15-22-24(18-25(19)32-26)30(7,8)14-13-28(22,3)4/h9-10,15-18,31H,11-14H2,1-8H3. The van der Waals surface area contributed by atoms with Crippen LogP contribution >= 0.6 is 11.3 Å². The molecule has 1 N–H and O–H groups in total. The zero-order chi connectivity index (χ0) is 23.1. The highest BCUT2D eigenvalue weighted by atomic mass is 32.1. The van der Waals surface area contributed by atoms with Crippen LogP contribution in [-0.2, 0) is 21.7 Å². The van der Waals surface area contributed by atoms with Crippen molar-refractivity contribution in [3.05, 3.63) is 58.7 Å². The number of fused-ring (bicyclic) bond motifs is 3. The van der Waals surface area contributed by atoms with Gasteiger partial charge in [-0.1, -0.05) is 61.5 Å². The maximum absolute atomic E-state index is 3.76. The predicted molar refractivity (Wildman–Crippen MR) is 142 cm³/mol. The van der Waals surface area contributed by atoms with E-state index in [2.05, 4.69) is 97.1 Å². The summed E-state index contributed by atoms with van der Waals surface area (Å²) in [6.07, 6.45) is 5.02. The Labute approximate surface area is 198 Å². The van der Waals surface area contributed by atoms with Crippen LogP contribution in [0.1, 0.15) is 103 Å². The van der Waals surface area contributed by atoms with Crippen molar-refractivity contribution >= 4 is 32.1 Å². The third-order valence-electron chi connectivity index (χ3n) is 8.61. The Hall–Kier alpha value is -1.80. The molecule has 0 saturated carbocycles. The van der Waals surface area contributed by atoms with Gasteiger partial charge in [0.15, 0.2) is 0 Å². The van der Waals surface area contributed by atoms with Gasteiger partial charge in [-0.15, -0.1) is 11.3 Å². The lowest BCUT2D eigenvalue weighted by molar-refractivity contribution is 0.332. The van der Waals surface area contributed by atoms with Crippen LogP contribution in [0.3, 0.4) is 0 Å². The van der Waals surface area contributed by atoms with Gasteiger partial charge in [0, 0.05) is 10.4 Å². The molecule has 0 unspecified atom stereocenters. The van der Waals surface area contributed by atoms with Crippen LogP contribution in [0.5, 0.6) is 0 Å². The molecule has 2 heteroatoms. The summed E-state index contributed by atoms with van der Waals surface area (Å²) in [4.78, 5) is 0. The maximum atomic E-state index is 3.76. The number of thiophene rings is 1. The second kappa shape index (κ2) is 6.86. The third kappa shape index (κ3) is 3.50. The minimum Gasteiger partial charge on any atom is -0.347 e. The Bertz CT molecular complexity index is 1150. The topological polar surface area (TPSA) is 12.0 Å². The number of hydrogen-bond acceptors (Lipinski definition) is 2. The van der Waals surface area contributed by atoms with E-state index in [4.69, 9.17) is 0 Å². The summed E-state index contributed by atoms with van der Waals surface area (Å²) >= 11 is 1.89. The van der Waals surface area contributed by atoms with E-state index in [0.29, 0.717) is 0 Å². The van der Waals surface area contributed by atoms with Crippen LogP contribution in [-0.4, -0.2) is 0 Å². The first-order valence-corrected chi connectivity index (χ1v) is 13.1. The number of anilines is 2. The molecule has 0 spiro atoms. The van der Waals surface area contributed by atoms with E-state index < -0.39 is 0 Å². The van der Waals surface area contributed by atoms with Crippen molar-refractivity contribution in [2.75, 3.05) is 5.32 Å². The lowest BCUT2D eigenvalue weighted by Gasteiger charge is -2.42. The molecule has 0 aliphatic heterocycles. The van der Waals surface area contributed by atoms with Crippen LogP contribution in [0.15, 0.2) is 36.4 Å². The lowest BCUT2D eigenvalue weighted by atomic mass is 9.63. The zero-order valence-corrected chi connectivity index (χ0v) is 22.0. The number of rotatable bonds is 2. The first-order chi connectivity index (χ1) is 14.8. The molecule has 1 nitrogen and oxygen atoms in total. The molecule has 5 rings (SSSR count). The highest BCUT2D eigenvalue weighted by Crippen LogP contribution is 2.49. The van der Waals surface area contributed by atoms with E-state index in [0.717, 1.165) is 0 Å². The summed E-state index contributed by atoms with van der Waals surface area (Å²) < 4.78 is 1.40. The normalized spacial score (nSPS) is 22.2. The minimum atomic E-state index is 0.235. The smallest absolute Gasteiger partial charge is 0.0939 e. The number of nitrogens with one attached hydrogen (secondary N) is 1. The molecule has 0 atom stereocenters. The highest BCUT2D eigenvalue weighted by molar-refractivity contribution is 7.22. The molecule has 2 aliphatic rings. The summed E-state index contributed by atoms with van der Waals surface area (Å²) in [6.45, 7) is 19.2. The second-order valence-electron chi connectivity index (χ2n) is 13.0. The Kier molecular flexibility index (Phi) is 4.72. The Morgan fingerprint density at radius 2 is 1.09 bits per heavy atom. The molecule has 1 heterocycles. The average molecular weight is 446 g/mol. The van der Waals surface area contributed by atoms with Gasteiger partial charge in [0.1, 0.15) is 0 Å². The molecule has 2 aromatic carbocycles. The molecule has 2 aliphatic carbocycles. The average Bonchev–Trinajstić information content (AvgIpc) is 3.10. The van der Waals surface area contributed by atoms with E-state index in [9.17, 15) is 0 Å². The Morgan fingerprint density at radius 1 is 0.594 bits per heavy atom. The summed E-state index contributed by atoms with van der Waals surface area (Å²) in [5.74, 6) is 0. The van der Waals surface area contributed by atoms with Gasteiger partial charge in [-0.3, -0.25) is 0 Å². The van der Waals surface area contributed by atoms with Gasteiger partial charge in [0.2, 0.25) is 0 Å². The molecular formula is C30H39NS. The van der Waals surface area contributed by atoms with Gasteiger partial charge < -0.3 is 5.32 Å². The van der Waals surface area contributed by atoms with E-state index in [1.165, 1.54) is 57.6 Å². The molecule has 0 fully saturated rings. The fourth-order valence-electron chi connectivity index (χ4n) is 5.97. The Balaban J connectivity index is 1.53. The van der Waals surface area contributed by atoms with Gasteiger partial charge >= 0.3 is 0 Å². The van der Waals surface area contributed by atoms with E-state index in [1.807, 2.05) is 11.3 Å². The molecule has 1 aromatic heterocycles. The van der Waals surface area contributed by atoms with Crippen molar-refractivity contribution in [2.24, 2.45) is 0 Å². The fraction of sp³-hybridized carbons (Fsp3) is 0.533. The van der Waals surface area contributed by atoms with Crippen LogP contribution in [0.25, 0.3) is 10.1 Å².